The fourth-order valence-electron chi connectivity index (χ4n) is 2.00. The van der Waals surface area contributed by atoms with E-state index in [2.05, 4.69) is 15.6 Å². The first kappa shape index (κ1) is 15.1. The van der Waals surface area contributed by atoms with E-state index in [4.69, 9.17) is 23.2 Å². The summed E-state index contributed by atoms with van der Waals surface area (Å²) in [7, 11) is 0. The van der Waals surface area contributed by atoms with E-state index in [1.807, 2.05) is 20.8 Å². The maximum absolute atomic E-state index is 12.3. The van der Waals surface area contributed by atoms with Gasteiger partial charge in [-0.3, -0.25) is 10.1 Å². The molecule has 0 spiro atoms. The first-order valence-corrected chi connectivity index (χ1v) is 7.02. The van der Waals surface area contributed by atoms with Crippen molar-refractivity contribution in [2.75, 3.05) is 0 Å². The highest BCUT2D eigenvalue weighted by atomic mass is 35.5. The zero-order valence-electron chi connectivity index (χ0n) is 11.8. The second kappa shape index (κ2) is 4.93. The normalized spacial score (nSPS) is 22.5. The summed E-state index contributed by atoms with van der Waals surface area (Å²) in [5.74, 6) is 0.217. The van der Waals surface area contributed by atoms with E-state index >= 15 is 0 Å². The molecule has 1 aromatic rings. The number of halogens is 2. The Morgan fingerprint density at radius 3 is 2.55 bits per heavy atom. The third-order valence-corrected chi connectivity index (χ3v) is 3.52. The molecular weight excluding hydrogens is 297 g/mol. The third kappa shape index (κ3) is 2.91. The number of hydrogen-bond acceptors (Lipinski definition) is 3. The monoisotopic (exact) mass is 313 g/mol. The summed E-state index contributed by atoms with van der Waals surface area (Å²) in [5, 5.41) is 6.88. The molecular formula is C14H17Cl2N3O. The average molecular weight is 314 g/mol. The van der Waals surface area contributed by atoms with Crippen molar-refractivity contribution in [1.29, 1.82) is 0 Å². The molecule has 0 bridgehead atoms. The summed E-state index contributed by atoms with van der Waals surface area (Å²) >= 11 is 12.2. The molecule has 0 saturated carbocycles. The van der Waals surface area contributed by atoms with E-state index in [0.29, 0.717) is 21.6 Å². The summed E-state index contributed by atoms with van der Waals surface area (Å²) in [5.41, 5.74) is -0.680. The molecule has 6 heteroatoms. The molecule has 0 aliphatic carbocycles. The van der Waals surface area contributed by atoms with Crippen molar-refractivity contribution in [2.24, 2.45) is 4.99 Å². The van der Waals surface area contributed by atoms with Crippen LogP contribution in [0, 0.1) is 0 Å². The fourth-order valence-corrected chi connectivity index (χ4v) is 2.47. The van der Waals surface area contributed by atoms with Crippen LogP contribution in [0.15, 0.2) is 23.2 Å². The topological polar surface area (TPSA) is 53.5 Å². The van der Waals surface area contributed by atoms with Gasteiger partial charge in [0.25, 0.3) is 5.91 Å². The quantitative estimate of drug-likeness (QED) is 0.837. The highest BCUT2D eigenvalue weighted by Crippen LogP contribution is 2.35. The minimum atomic E-state index is -1.07. The number of amides is 1. The Hall–Kier alpha value is -1.26. The Bertz CT molecular complexity index is 593. The second-order valence-electron chi connectivity index (χ2n) is 5.99. The van der Waals surface area contributed by atoms with Crippen LogP contribution in [0.3, 0.4) is 0 Å². The van der Waals surface area contributed by atoms with Gasteiger partial charge in [0.15, 0.2) is 11.5 Å². The van der Waals surface area contributed by atoms with Crippen LogP contribution in [0.1, 0.15) is 33.3 Å². The van der Waals surface area contributed by atoms with Crippen LogP contribution in [-0.4, -0.2) is 17.4 Å². The lowest BCUT2D eigenvalue weighted by Crippen LogP contribution is -2.47. The number of guanidine groups is 1. The molecule has 1 heterocycles. The average Bonchev–Trinajstić information content (AvgIpc) is 2.56. The van der Waals surface area contributed by atoms with Crippen molar-refractivity contribution in [3.63, 3.8) is 0 Å². The Labute approximate surface area is 128 Å². The predicted molar refractivity (Wildman–Crippen MR) is 82.3 cm³/mol. The van der Waals surface area contributed by atoms with Crippen LogP contribution in [0.25, 0.3) is 0 Å². The van der Waals surface area contributed by atoms with Crippen molar-refractivity contribution in [1.82, 2.24) is 10.6 Å². The van der Waals surface area contributed by atoms with Crippen LogP contribution < -0.4 is 10.6 Å². The summed E-state index contributed by atoms with van der Waals surface area (Å²) in [4.78, 5) is 16.7. The Morgan fingerprint density at radius 1 is 1.30 bits per heavy atom. The zero-order valence-corrected chi connectivity index (χ0v) is 13.4. The van der Waals surface area contributed by atoms with E-state index < -0.39 is 5.54 Å². The molecule has 1 amide bonds. The van der Waals surface area contributed by atoms with Gasteiger partial charge in [0.1, 0.15) is 0 Å². The van der Waals surface area contributed by atoms with Gasteiger partial charge in [0.05, 0.1) is 0 Å². The lowest BCUT2D eigenvalue weighted by molar-refractivity contribution is -0.123. The van der Waals surface area contributed by atoms with Crippen LogP contribution in [-0.2, 0) is 10.3 Å². The van der Waals surface area contributed by atoms with Crippen LogP contribution in [0.2, 0.25) is 10.0 Å². The molecule has 1 aliphatic rings. The van der Waals surface area contributed by atoms with Crippen molar-refractivity contribution in [3.8, 4) is 0 Å². The molecule has 2 N–H and O–H groups in total. The summed E-state index contributed by atoms with van der Waals surface area (Å²) in [6.45, 7) is 7.69. The van der Waals surface area contributed by atoms with Gasteiger partial charge in [-0.2, -0.15) is 0 Å². The standard InChI is InChI=1S/C14H17Cl2N3O/c1-13(2,3)18-12-17-11(20)14(4,19-12)9-7-8(15)5-6-10(9)16/h5-7H,1-4H3,(H2,17,18,19,20). The number of benzene rings is 1. The molecule has 1 aromatic carbocycles. The van der Waals surface area contributed by atoms with Gasteiger partial charge in [-0.25, -0.2) is 4.99 Å². The maximum Gasteiger partial charge on any atom is 0.259 e. The number of rotatable bonds is 1. The number of carbonyl (C=O) groups excluding carboxylic acids is 1. The van der Waals surface area contributed by atoms with E-state index in [0.717, 1.165) is 0 Å². The second-order valence-corrected chi connectivity index (χ2v) is 6.83. The van der Waals surface area contributed by atoms with E-state index in [9.17, 15) is 4.79 Å². The van der Waals surface area contributed by atoms with Gasteiger partial charge in [0.2, 0.25) is 0 Å². The smallest absolute Gasteiger partial charge is 0.259 e. The lowest BCUT2D eigenvalue weighted by atomic mass is 9.92. The first-order chi connectivity index (χ1) is 9.12. The number of nitrogens with one attached hydrogen (secondary N) is 2. The van der Waals surface area contributed by atoms with Gasteiger partial charge in [-0.1, -0.05) is 23.2 Å². The van der Waals surface area contributed by atoms with Gasteiger partial charge in [-0.05, 0) is 45.9 Å². The van der Waals surface area contributed by atoms with Crippen molar-refractivity contribution < 1.29 is 4.79 Å². The summed E-state index contributed by atoms with van der Waals surface area (Å²) < 4.78 is 0. The minimum Gasteiger partial charge on any atom is -0.351 e. The fraction of sp³-hybridized carbons (Fsp3) is 0.429. The highest BCUT2D eigenvalue weighted by molar-refractivity contribution is 6.34. The van der Waals surface area contributed by atoms with Gasteiger partial charge in [0, 0.05) is 21.1 Å². The van der Waals surface area contributed by atoms with Crippen LogP contribution >= 0.6 is 23.2 Å². The van der Waals surface area contributed by atoms with E-state index in [-0.39, 0.29) is 11.4 Å². The zero-order chi connectivity index (χ0) is 15.1. The molecule has 0 saturated heterocycles. The van der Waals surface area contributed by atoms with Gasteiger partial charge >= 0.3 is 0 Å². The lowest BCUT2D eigenvalue weighted by Gasteiger charge is -2.21. The number of carbonyl (C=O) groups is 1. The van der Waals surface area contributed by atoms with Crippen LogP contribution in [0.4, 0.5) is 0 Å². The predicted octanol–water partition coefficient (Wildman–Crippen LogP) is 3.08. The Kier molecular flexibility index (Phi) is 3.73. The van der Waals surface area contributed by atoms with E-state index in [1.165, 1.54) is 0 Å². The third-order valence-electron chi connectivity index (χ3n) is 2.96. The molecule has 2 rings (SSSR count). The molecule has 1 atom stereocenters. The summed E-state index contributed by atoms with van der Waals surface area (Å²) in [6, 6.07) is 5.02. The number of nitrogens with zero attached hydrogens (tertiary/aromatic N) is 1. The Morgan fingerprint density at radius 2 is 1.95 bits per heavy atom. The van der Waals surface area contributed by atoms with Crippen molar-refractivity contribution >= 4 is 35.1 Å². The summed E-state index contributed by atoms with van der Waals surface area (Å²) in [6.07, 6.45) is 0. The first-order valence-electron chi connectivity index (χ1n) is 6.27. The molecule has 20 heavy (non-hydrogen) atoms. The minimum absolute atomic E-state index is 0.199. The number of hydrogen-bond donors (Lipinski definition) is 2. The molecule has 108 valence electrons. The van der Waals surface area contributed by atoms with Crippen molar-refractivity contribution in [3.05, 3.63) is 33.8 Å². The van der Waals surface area contributed by atoms with Crippen molar-refractivity contribution in [2.45, 2.75) is 38.8 Å². The molecule has 1 aliphatic heterocycles. The van der Waals surface area contributed by atoms with Gasteiger partial charge in [-0.15, -0.1) is 0 Å². The molecule has 0 fully saturated rings. The largest absolute Gasteiger partial charge is 0.351 e. The van der Waals surface area contributed by atoms with E-state index in [1.54, 1.807) is 25.1 Å². The van der Waals surface area contributed by atoms with Gasteiger partial charge < -0.3 is 5.32 Å². The highest BCUT2D eigenvalue weighted by Gasteiger charge is 2.42. The molecule has 4 nitrogen and oxygen atoms in total. The number of aliphatic imine (C=N–C) groups is 1. The Balaban J connectivity index is 2.43. The molecule has 0 radical (unpaired) electrons. The molecule has 1 unspecified atom stereocenters. The SMILES string of the molecule is CC(C)(C)NC1=NC(C)(c2cc(Cl)ccc2Cl)C(=O)N1. The van der Waals surface area contributed by atoms with Crippen LogP contribution in [0.5, 0.6) is 0 Å². The molecule has 0 aromatic heterocycles. The maximum atomic E-state index is 12.3.